The van der Waals surface area contributed by atoms with Gasteiger partial charge in [-0.15, -0.1) is 0 Å². The lowest BCUT2D eigenvalue weighted by molar-refractivity contribution is 0.102. The van der Waals surface area contributed by atoms with Crippen LogP contribution in [0.5, 0.6) is 11.5 Å². The van der Waals surface area contributed by atoms with Gasteiger partial charge in [-0.3, -0.25) is 9.69 Å². The molecule has 0 aliphatic carbocycles. The molecule has 2 aromatic rings. The fraction of sp³-hybridized carbons (Fsp3) is 0.409. The molecule has 3 rings (SSSR count). The second kappa shape index (κ2) is 9.43. The van der Waals surface area contributed by atoms with Crippen LogP contribution in [0, 0.1) is 0 Å². The van der Waals surface area contributed by atoms with Crippen molar-refractivity contribution in [1.82, 2.24) is 4.90 Å². The van der Waals surface area contributed by atoms with E-state index in [-0.39, 0.29) is 5.91 Å². The van der Waals surface area contributed by atoms with Crippen LogP contribution in [-0.2, 0) is 6.54 Å². The standard InChI is InChI=1S/C22H27BrN2O3/c1-15-6-4-5-11-25(15)14-16-7-9-18(10-8-16)24-22(26)17-12-19(27-2)21(23)20(13-17)28-3/h7-10,12-13,15H,4-6,11,14H2,1-3H3,(H,24,26). The Bertz CT molecular complexity index is 798. The number of carbonyl (C=O) groups is 1. The molecule has 0 spiro atoms. The highest BCUT2D eigenvalue weighted by Crippen LogP contribution is 2.35. The first-order chi connectivity index (χ1) is 13.5. The molecule has 0 bridgehead atoms. The molecule has 0 radical (unpaired) electrons. The third-order valence-corrected chi connectivity index (χ3v) is 6.03. The molecule has 5 nitrogen and oxygen atoms in total. The van der Waals surface area contributed by atoms with Gasteiger partial charge in [0, 0.05) is 23.8 Å². The molecule has 1 aliphatic rings. The summed E-state index contributed by atoms with van der Waals surface area (Å²) in [4.78, 5) is 15.2. The number of methoxy groups -OCH3 is 2. The van der Waals surface area contributed by atoms with Gasteiger partial charge in [-0.05, 0) is 72.1 Å². The maximum absolute atomic E-state index is 12.7. The van der Waals surface area contributed by atoms with Gasteiger partial charge in [0.15, 0.2) is 0 Å². The Kier molecular flexibility index (Phi) is 6.97. The van der Waals surface area contributed by atoms with Gasteiger partial charge in [-0.2, -0.15) is 0 Å². The van der Waals surface area contributed by atoms with Crippen molar-refractivity contribution in [3.8, 4) is 11.5 Å². The summed E-state index contributed by atoms with van der Waals surface area (Å²) < 4.78 is 11.3. The lowest BCUT2D eigenvalue weighted by Crippen LogP contribution is -2.36. The SMILES string of the molecule is COc1cc(C(=O)Nc2ccc(CN3CCCCC3C)cc2)cc(OC)c1Br. The highest BCUT2D eigenvalue weighted by Gasteiger charge is 2.18. The maximum Gasteiger partial charge on any atom is 0.255 e. The molecule has 150 valence electrons. The molecule has 1 fully saturated rings. The van der Waals surface area contributed by atoms with Crippen LogP contribution in [0.1, 0.15) is 42.1 Å². The van der Waals surface area contributed by atoms with Crippen molar-refractivity contribution in [1.29, 1.82) is 0 Å². The smallest absolute Gasteiger partial charge is 0.255 e. The topological polar surface area (TPSA) is 50.8 Å². The molecule has 6 heteroatoms. The molecular weight excluding hydrogens is 420 g/mol. The minimum atomic E-state index is -0.207. The zero-order valence-electron chi connectivity index (χ0n) is 16.6. The average molecular weight is 447 g/mol. The third kappa shape index (κ3) is 4.86. The predicted octanol–water partition coefficient (Wildman–Crippen LogP) is 5.09. The number of nitrogens with one attached hydrogen (secondary N) is 1. The highest BCUT2D eigenvalue weighted by molar-refractivity contribution is 9.10. The lowest BCUT2D eigenvalue weighted by atomic mass is 10.0. The van der Waals surface area contributed by atoms with Crippen molar-refractivity contribution >= 4 is 27.5 Å². The second-order valence-electron chi connectivity index (χ2n) is 7.16. The van der Waals surface area contributed by atoms with Crippen LogP contribution >= 0.6 is 15.9 Å². The molecule has 1 atom stereocenters. The monoisotopic (exact) mass is 446 g/mol. The summed E-state index contributed by atoms with van der Waals surface area (Å²) in [6.45, 7) is 4.41. The average Bonchev–Trinajstić information content (AvgIpc) is 2.71. The van der Waals surface area contributed by atoms with Crippen LogP contribution in [-0.4, -0.2) is 37.6 Å². The van der Waals surface area contributed by atoms with Crippen molar-refractivity contribution in [2.45, 2.75) is 38.8 Å². The molecule has 2 aromatic carbocycles. The number of amides is 1. The number of hydrogen-bond acceptors (Lipinski definition) is 4. The summed E-state index contributed by atoms with van der Waals surface area (Å²) in [5.41, 5.74) is 2.50. The molecule has 0 saturated carbocycles. The van der Waals surface area contributed by atoms with Gasteiger partial charge in [-0.1, -0.05) is 18.6 Å². The van der Waals surface area contributed by atoms with Gasteiger partial charge >= 0.3 is 0 Å². The van der Waals surface area contributed by atoms with Gasteiger partial charge in [0.1, 0.15) is 16.0 Å². The molecule has 0 aromatic heterocycles. The molecule has 28 heavy (non-hydrogen) atoms. The molecule has 1 aliphatic heterocycles. The second-order valence-corrected chi connectivity index (χ2v) is 7.95. The number of halogens is 1. The molecular formula is C22H27BrN2O3. The van der Waals surface area contributed by atoms with Gasteiger partial charge < -0.3 is 14.8 Å². The van der Waals surface area contributed by atoms with E-state index in [1.54, 1.807) is 26.4 Å². The van der Waals surface area contributed by atoms with E-state index >= 15 is 0 Å². The predicted molar refractivity (Wildman–Crippen MR) is 115 cm³/mol. The first-order valence-corrected chi connectivity index (χ1v) is 10.4. The van der Waals surface area contributed by atoms with E-state index in [0.29, 0.717) is 27.6 Å². The van der Waals surface area contributed by atoms with Gasteiger partial charge in [0.2, 0.25) is 0 Å². The van der Waals surface area contributed by atoms with Crippen LogP contribution in [0.2, 0.25) is 0 Å². The van der Waals surface area contributed by atoms with Gasteiger partial charge in [0.05, 0.1) is 14.2 Å². The van der Waals surface area contributed by atoms with Crippen LogP contribution in [0.15, 0.2) is 40.9 Å². The summed E-state index contributed by atoms with van der Waals surface area (Å²) in [5.74, 6) is 0.896. The number of rotatable bonds is 6. The third-order valence-electron chi connectivity index (χ3n) is 5.25. The van der Waals surface area contributed by atoms with Crippen molar-refractivity contribution in [3.05, 3.63) is 52.0 Å². The first-order valence-electron chi connectivity index (χ1n) is 9.57. The lowest BCUT2D eigenvalue weighted by Gasteiger charge is -2.33. The zero-order chi connectivity index (χ0) is 20.1. The number of nitrogens with zero attached hydrogens (tertiary/aromatic N) is 1. The summed E-state index contributed by atoms with van der Waals surface area (Å²) in [6, 6.07) is 12.1. The number of anilines is 1. The maximum atomic E-state index is 12.7. The highest BCUT2D eigenvalue weighted by atomic mass is 79.9. The summed E-state index contributed by atoms with van der Waals surface area (Å²) in [7, 11) is 3.12. The first kappa shape index (κ1) is 20.7. The zero-order valence-corrected chi connectivity index (χ0v) is 18.2. The van der Waals surface area contributed by atoms with E-state index in [1.807, 2.05) is 12.1 Å². The number of piperidine rings is 1. The van der Waals surface area contributed by atoms with E-state index in [0.717, 1.165) is 18.8 Å². The van der Waals surface area contributed by atoms with E-state index in [4.69, 9.17) is 9.47 Å². The van der Waals surface area contributed by atoms with Crippen molar-refractivity contribution in [2.24, 2.45) is 0 Å². The van der Waals surface area contributed by atoms with E-state index in [9.17, 15) is 4.79 Å². The molecule has 1 amide bonds. The Labute approximate surface area is 175 Å². The van der Waals surface area contributed by atoms with E-state index in [2.05, 4.69) is 45.2 Å². The summed E-state index contributed by atoms with van der Waals surface area (Å²) in [5, 5.41) is 2.94. The van der Waals surface area contributed by atoms with Crippen molar-refractivity contribution < 1.29 is 14.3 Å². The van der Waals surface area contributed by atoms with Gasteiger partial charge in [0.25, 0.3) is 5.91 Å². The quantitative estimate of drug-likeness (QED) is 0.670. The van der Waals surface area contributed by atoms with Crippen LogP contribution in [0.3, 0.4) is 0 Å². The van der Waals surface area contributed by atoms with Crippen molar-refractivity contribution in [3.63, 3.8) is 0 Å². The van der Waals surface area contributed by atoms with Crippen LogP contribution in [0.25, 0.3) is 0 Å². The van der Waals surface area contributed by atoms with Crippen molar-refractivity contribution in [2.75, 3.05) is 26.1 Å². The minimum absolute atomic E-state index is 0.207. The van der Waals surface area contributed by atoms with Gasteiger partial charge in [-0.25, -0.2) is 0 Å². The molecule has 1 N–H and O–H groups in total. The number of benzene rings is 2. The minimum Gasteiger partial charge on any atom is -0.495 e. The molecule has 1 unspecified atom stereocenters. The Morgan fingerprint density at radius 2 is 1.79 bits per heavy atom. The molecule has 1 saturated heterocycles. The Morgan fingerprint density at radius 1 is 1.14 bits per heavy atom. The molecule has 1 heterocycles. The Morgan fingerprint density at radius 3 is 2.36 bits per heavy atom. The fourth-order valence-electron chi connectivity index (χ4n) is 3.52. The van der Waals surface area contributed by atoms with Crippen LogP contribution < -0.4 is 14.8 Å². The van der Waals surface area contributed by atoms with E-state index < -0.39 is 0 Å². The Hall–Kier alpha value is -2.05. The summed E-state index contributed by atoms with van der Waals surface area (Å²) in [6.07, 6.45) is 3.88. The number of likely N-dealkylation sites (tertiary alicyclic amines) is 1. The normalized spacial score (nSPS) is 17.2. The number of carbonyl (C=O) groups excluding carboxylic acids is 1. The summed E-state index contributed by atoms with van der Waals surface area (Å²) >= 11 is 3.42. The fourth-order valence-corrected chi connectivity index (χ4v) is 4.08. The van der Waals surface area contributed by atoms with Crippen LogP contribution in [0.4, 0.5) is 5.69 Å². The van der Waals surface area contributed by atoms with E-state index in [1.165, 1.54) is 24.8 Å². The Balaban J connectivity index is 1.67. The largest absolute Gasteiger partial charge is 0.495 e. The number of hydrogen-bond donors (Lipinski definition) is 1. The number of ether oxygens (including phenoxy) is 2.